The number of likely N-dealkylation sites (tertiary alicyclic amines) is 1. The summed E-state index contributed by atoms with van der Waals surface area (Å²) < 4.78 is 26.4. The van der Waals surface area contributed by atoms with Crippen molar-refractivity contribution in [1.82, 2.24) is 4.90 Å². The van der Waals surface area contributed by atoms with Crippen LogP contribution < -0.4 is 5.73 Å². The van der Waals surface area contributed by atoms with E-state index in [4.69, 9.17) is 17.3 Å². The van der Waals surface area contributed by atoms with Crippen LogP contribution in [0.1, 0.15) is 18.0 Å². The van der Waals surface area contributed by atoms with Gasteiger partial charge in [0, 0.05) is 12.6 Å². The molecule has 1 aromatic carbocycles. The number of rotatable bonds is 2. The van der Waals surface area contributed by atoms with Crippen molar-refractivity contribution >= 4 is 11.6 Å². The van der Waals surface area contributed by atoms with Crippen LogP contribution in [0.25, 0.3) is 0 Å². The van der Waals surface area contributed by atoms with Crippen LogP contribution >= 0.6 is 11.6 Å². The molecule has 1 aliphatic rings. The van der Waals surface area contributed by atoms with Gasteiger partial charge in [-0.15, -0.1) is 0 Å². The Morgan fingerprint density at radius 1 is 1.47 bits per heavy atom. The quantitative estimate of drug-likeness (QED) is 0.828. The summed E-state index contributed by atoms with van der Waals surface area (Å²) in [6.07, 6.45) is 0.856. The molecule has 0 aromatic heterocycles. The third-order valence-electron chi connectivity index (χ3n) is 3.36. The van der Waals surface area contributed by atoms with Gasteiger partial charge in [0.25, 0.3) is 0 Å². The highest BCUT2D eigenvalue weighted by Crippen LogP contribution is 2.35. The highest BCUT2D eigenvalue weighted by atomic mass is 35.5. The number of halogens is 3. The van der Waals surface area contributed by atoms with E-state index in [-0.39, 0.29) is 11.1 Å². The van der Waals surface area contributed by atoms with Gasteiger partial charge in [-0.25, -0.2) is 8.78 Å². The molecule has 2 rings (SSSR count). The summed E-state index contributed by atoms with van der Waals surface area (Å²) in [5.41, 5.74) is 6.35. The van der Waals surface area contributed by atoms with Gasteiger partial charge in [-0.3, -0.25) is 4.90 Å². The minimum absolute atomic E-state index is 0.0659. The number of hydrogen-bond acceptors (Lipinski definition) is 2. The Hall–Kier alpha value is -0.710. The number of nitrogens with zero attached hydrogens (tertiary/aromatic N) is 1. The number of nitrogens with two attached hydrogens (primary N) is 1. The van der Waals surface area contributed by atoms with Crippen molar-refractivity contribution in [1.29, 1.82) is 0 Å². The van der Waals surface area contributed by atoms with Crippen molar-refractivity contribution in [2.45, 2.75) is 12.5 Å². The van der Waals surface area contributed by atoms with Gasteiger partial charge in [-0.05, 0) is 43.6 Å². The molecule has 0 amide bonds. The zero-order chi connectivity index (χ0) is 12.6. The van der Waals surface area contributed by atoms with Gasteiger partial charge < -0.3 is 5.73 Å². The van der Waals surface area contributed by atoms with Gasteiger partial charge >= 0.3 is 0 Å². The molecule has 17 heavy (non-hydrogen) atoms. The van der Waals surface area contributed by atoms with Crippen LogP contribution in [-0.2, 0) is 0 Å². The average Bonchev–Trinajstić information content (AvgIpc) is 2.67. The third kappa shape index (κ3) is 2.44. The number of benzene rings is 1. The van der Waals surface area contributed by atoms with Gasteiger partial charge in [-0.2, -0.15) is 0 Å². The van der Waals surface area contributed by atoms with E-state index in [2.05, 4.69) is 4.90 Å². The van der Waals surface area contributed by atoms with Crippen LogP contribution in [0, 0.1) is 17.6 Å². The highest BCUT2D eigenvalue weighted by Gasteiger charge is 2.30. The molecular weight excluding hydrogens is 246 g/mol. The summed E-state index contributed by atoms with van der Waals surface area (Å²) in [4.78, 5) is 2.10. The van der Waals surface area contributed by atoms with Crippen LogP contribution in [0.5, 0.6) is 0 Å². The summed E-state index contributed by atoms with van der Waals surface area (Å²) in [7, 11) is 1.95. The number of hydrogen-bond donors (Lipinski definition) is 1. The van der Waals surface area contributed by atoms with Crippen molar-refractivity contribution in [3.63, 3.8) is 0 Å². The summed E-state index contributed by atoms with van der Waals surface area (Å²) in [6.45, 7) is 1.48. The standard InChI is InChI=1S/C12H15ClF2N2/c1-17-6-7(5-16)2-11(17)8-3-9(13)12(15)10(14)4-8/h3-4,7,11H,2,5-6,16H2,1H3. The predicted molar refractivity (Wildman–Crippen MR) is 63.9 cm³/mol. The lowest BCUT2D eigenvalue weighted by atomic mass is 10.00. The maximum absolute atomic E-state index is 13.3. The molecule has 2 nitrogen and oxygen atoms in total. The predicted octanol–water partition coefficient (Wildman–Crippen LogP) is 2.57. The minimum Gasteiger partial charge on any atom is -0.330 e. The fraction of sp³-hybridized carbons (Fsp3) is 0.500. The topological polar surface area (TPSA) is 29.3 Å². The molecular formula is C12H15ClF2N2. The monoisotopic (exact) mass is 260 g/mol. The molecule has 1 fully saturated rings. The van der Waals surface area contributed by atoms with Gasteiger partial charge in [0.15, 0.2) is 11.6 Å². The Morgan fingerprint density at radius 3 is 2.71 bits per heavy atom. The lowest BCUT2D eigenvalue weighted by Gasteiger charge is -2.20. The van der Waals surface area contributed by atoms with E-state index < -0.39 is 11.6 Å². The van der Waals surface area contributed by atoms with E-state index in [9.17, 15) is 8.78 Å². The van der Waals surface area contributed by atoms with E-state index in [0.29, 0.717) is 18.0 Å². The van der Waals surface area contributed by atoms with Gasteiger partial charge in [-0.1, -0.05) is 11.6 Å². The molecule has 5 heteroatoms. The van der Waals surface area contributed by atoms with Crippen LogP contribution in [0.4, 0.5) is 8.78 Å². The van der Waals surface area contributed by atoms with Gasteiger partial charge in [0.05, 0.1) is 5.02 Å². The first-order valence-electron chi connectivity index (χ1n) is 5.57. The first-order chi connectivity index (χ1) is 8.02. The van der Waals surface area contributed by atoms with Crippen LogP contribution in [-0.4, -0.2) is 25.0 Å². The van der Waals surface area contributed by atoms with Crippen molar-refractivity contribution in [3.8, 4) is 0 Å². The van der Waals surface area contributed by atoms with Crippen molar-refractivity contribution < 1.29 is 8.78 Å². The molecule has 0 bridgehead atoms. The Labute approximate surface area is 104 Å². The first-order valence-corrected chi connectivity index (χ1v) is 5.95. The maximum atomic E-state index is 13.3. The van der Waals surface area contributed by atoms with Crippen molar-refractivity contribution in [2.24, 2.45) is 11.7 Å². The lowest BCUT2D eigenvalue weighted by Crippen LogP contribution is -2.20. The Morgan fingerprint density at radius 2 is 2.18 bits per heavy atom. The van der Waals surface area contributed by atoms with Gasteiger partial charge in [0.2, 0.25) is 0 Å². The summed E-state index contributed by atoms with van der Waals surface area (Å²) in [6, 6.07) is 2.79. The summed E-state index contributed by atoms with van der Waals surface area (Å²) in [5.74, 6) is -1.47. The maximum Gasteiger partial charge on any atom is 0.177 e. The largest absolute Gasteiger partial charge is 0.330 e. The van der Waals surface area contributed by atoms with E-state index in [1.807, 2.05) is 7.05 Å². The van der Waals surface area contributed by atoms with E-state index in [1.54, 1.807) is 0 Å². The molecule has 0 aliphatic carbocycles. The molecule has 94 valence electrons. The van der Waals surface area contributed by atoms with Crippen molar-refractivity contribution in [3.05, 3.63) is 34.4 Å². The first kappa shape index (κ1) is 12.7. The smallest absolute Gasteiger partial charge is 0.177 e. The molecule has 2 N–H and O–H groups in total. The molecule has 1 aromatic rings. The second-order valence-corrected chi connectivity index (χ2v) is 5.00. The third-order valence-corrected chi connectivity index (χ3v) is 3.63. The normalized spacial score (nSPS) is 25.5. The van der Waals surface area contributed by atoms with Crippen LogP contribution in [0.3, 0.4) is 0 Å². The Balaban J connectivity index is 2.29. The van der Waals surface area contributed by atoms with Crippen LogP contribution in [0.15, 0.2) is 12.1 Å². The molecule has 2 unspecified atom stereocenters. The van der Waals surface area contributed by atoms with E-state index in [0.717, 1.165) is 13.0 Å². The highest BCUT2D eigenvalue weighted by molar-refractivity contribution is 6.30. The molecule has 1 saturated heterocycles. The fourth-order valence-corrected chi connectivity index (χ4v) is 2.65. The van der Waals surface area contributed by atoms with Crippen LogP contribution in [0.2, 0.25) is 5.02 Å². The molecule has 0 radical (unpaired) electrons. The second kappa shape index (κ2) is 4.88. The fourth-order valence-electron chi connectivity index (χ4n) is 2.43. The average molecular weight is 261 g/mol. The minimum atomic E-state index is -0.980. The molecule has 1 heterocycles. The van der Waals surface area contributed by atoms with Gasteiger partial charge in [0.1, 0.15) is 0 Å². The van der Waals surface area contributed by atoms with Crippen molar-refractivity contribution in [2.75, 3.05) is 20.1 Å². The molecule has 1 aliphatic heterocycles. The summed E-state index contributed by atoms with van der Waals surface area (Å²) >= 11 is 5.66. The Kier molecular flexibility index (Phi) is 3.66. The van der Waals surface area contributed by atoms with E-state index >= 15 is 0 Å². The zero-order valence-electron chi connectivity index (χ0n) is 9.59. The SMILES string of the molecule is CN1CC(CN)CC1c1cc(F)c(F)c(Cl)c1. The molecule has 0 saturated carbocycles. The Bertz CT molecular complexity index is 402. The second-order valence-electron chi connectivity index (χ2n) is 4.59. The van der Waals surface area contributed by atoms with E-state index in [1.165, 1.54) is 12.1 Å². The summed E-state index contributed by atoms with van der Waals surface area (Å²) in [5, 5.41) is -0.162. The zero-order valence-corrected chi connectivity index (χ0v) is 10.3. The molecule has 2 atom stereocenters. The molecule has 0 spiro atoms. The lowest BCUT2D eigenvalue weighted by molar-refractivity contribution is 0.312.